The summed E-state index contributed by atoms with van der Waals surface area (Å²) in [5.74, 6) is 2.75. The summed E-state index contributed by atoms with van der Waals surface area (Å²) in [4.78, 5) is 4.46. The Kier molecular flexibility index (Phi) is 5.41. The van der Waals surface area contributed by atoms with Gasteiger partial charge in [0.25, 0.3) is 0 Å². The van der Waals surface area contributed by atoms with E-state index >= 15 is 0 Å². The number of methoxy groups -OCH3 is 2. The number of aromatic nitrogens is 2. The molecule has 0 radical (unpaired) electrons. The summed E-state index contributed by atoms with van der Waals surface area (Å²) in [5, 5.41) is 7.44. The van der Waals surface area contributed by atoms with Crippen molar-refractivity contribution < 1.29 is 14.0 Å². The third kappa shape index (κ3) is 3.79. The van der Waals surface area contributed by atoms with Crippen LogP contribution in [0.4, 0.5) is 5.69 Å². The molecular weight excluding hydrogens is 330 g/mol. The Morgan fingerprint density at radius 1 is 1.04 bits per heavy atom. The minimum absolute atomic E-state index is 0.434. The number of ether oxygens (including phenoxy) is 2. The van der Waals surface area contributed by atoms with E-state index in [-0.39, 0.29) is 0 Å². The summed E-state index contributed by atoms with van der Waals surface area (Å²) < 4.78 is 15.9. The van der Waals surface area contributed by atoms with Crippen molar-refractivity contribution >= 4 is 5.69 Å². The molecule has 1 heterocycles. The molecule has 6 heteroatoms. The first-order valence-corrected chi connectivity index (χ1v) is 8.50. The molecule has 0 aliphatic rings. The second kappa shape index (κ2) is 7.91. The van der Waals surface area contributed by atoms with E-state index in [0.717, 1.165) is 11.3 Å². The van der Waals surface area contributed by atoms with Crippen LogP contribution in [0.5, 0.6) is 11.5 Å². The number of para-hydroxylation sites is 1. The summed E-state index contributed by atoms with van der Waals surface area (Å²) >= 11 is 0. The van der Waals surface area contributed by atoms with Gasteiger partial charge in [0.2, 0.25) is 11.7 Å². The third-order valence-corrected chi connectivity index (χ3v) is 4.12. The third-order valence-electron chi connectivity index (χ3n) is 4.12. The zero-order valence-electron chi connectivity index (χ0n) is 15.4. The van der Waals surface area contributed by atoms with Gasteiger partial charge in [-0.25, -0.2) is 0 Å². The van der Waals surface area contributed by atoms with Crippen molar-refractivity contribution in [2.75, 3.05) is 19.5 Å². The maximum Gasteiger partial charge on any atom is 0.246 e. The smallest absolute Gasteiger partial charge is 0.246 e. The first kappa shape index (κ1) is 17.8. The van der Waals surface area contributed by atoms with Crippen LogP contribution < -0.4 is 14.8 Å². The van der Waals surface area contributed by atoms with E-state index in [2.05, 4.69) is 41.4 Å². The van der Waals surface area contributed by atoms with Crippen LogP contribution in [0.25, 0.3) is 11.4 Å². The van der Waals surface area contributed by atoms with E-state index in [0.29, 0.717) is 35.7 Å². The van der Waals surface area contributed by atoms with Gasteiger partial charge >= 0.3 is 0 Å². The molecule has 1 aromatic heterocycles. The maximum atomic E-state index is 5.38. The molecule has 2 aromatic carbocycles. The van der Waals surface area contributed by atoms with Crippen LogP contribution in [0.1, 0.15) is 31.2 Å². The summed E-state index contributed by atoms with van der Waals surface area (Å²) in [6.07, 6.45) is 0. The van der Waals surface area contributed by atoms with E-state index in [4.69, 9.17) is 14.0 Å². The van der Waals surface area contributed by atoms with Gasteiger partial charge in [-0.1, -0.05) is 37.2 Å². The molecule has 0 fully saturated rings. The standard InChI is InChI=1S/C20H23N3O3/c1-13(2)15-7-5-6-8-16(15)21-12-19-22-20(23-26-19)14-9-10-17(24-3)18(11-14)25-4/h5-11,13,21H,12H2,1-4H3. The van der Waals surface area contributed by atoms with Gasteiger partial charge in [0, 0.05) is 11.3 Å². The Bertz CT molecular complexity index is 874. The lowest BCUT2D eigenvalue weighted by molar-refractivity contribution is 0.355. The molecule has 0 unspecified atom stereocenters. The average Bonchev–Trinajstić information content (AvgIpc) is 3.15. The number of anilines is 1. The van der Waals surface area contributed by atoms with Crippen LogP contribution in [0.3, 0.4) is 0 Å². The minimum atomic E-state index is 0.434. The summed E-state index contributed by atoms with van der Waals surface area (Å²) in [6.45, 7) is 4.80. The summed E-state index contributed by atoms with van der Waals surface area (Å²) in [5.41, 5.74) is 3.14. The number of nitrogens with one attached hydrogen (secondary N) is 1. The molecule has 0 saturated carbocycles. The van der Waals surface area contributed by atoms with Gasteiger partial charge < -0.3 is 19.3 Å². The molecule has 0 aliphatic carbocycles. The zero-order valence-corrected chi connectivity index (χ0v) is 15.4. The Labute approximate surface area is 153 Å². The molecular formula is C20H23N3O3. The number of nitrogens with zero attached hydrogens (tertiary/aromatic N) is 2. The van der Waals surface area contributed by atoms with Crippen LogP contribution in [0, 0.1) is 0 Å². The molecule has 26 heavy (non-hydrogen) atoms. The van der Waals surface area contributed by atoms with Gasteiger partial charge in [0.05, 0.1) is 20.8 Å². The molecule has 0 bridgehead atoms. The fraction of sp³-hybridized carbons (Fsp3) is 0.300. The minimum Gasteiger partial charge on any atom is -0.493 e. The normalized spacial score (nSPS) is 10.8. The average molecular weight is 353 g/mol. The fourth-order valence-corrected chi connectivity index (χ4v) is 2.75. The fourth-order valence-electron chi connectivity index (χ4n) is 2.75. The molecule has 0 amide bonds. The van der Waals surface area contributed by atoms with Crippen molar-refractivity contribution in [1.29, 1.82) is 0 Å². The summed E-state index contributed by atoms with van der Waals surface area (Å²) in [7, 11) is 3.20. The predicted molar refractivity (Wildman–Crippen MR) is 101 cm³/mol. The van der Waals surface area contributed by atoms with Crippen LogP contribution in [0.2, 0.25) is 0 Å². The van der Waals surface area contributed by atoms with Crippen molar-refractivity contribution in [1.82, 2.24) is 10.1 Å². The van der Waals surface area contributed by atoms with Crippen molar-refractivity contribution in [3.05, 3.63) is 53.9 Å². The molecule has 0 spiro atoms. The van der Waals surface area contributed by atoms with Gasteiger partial charge in [-0.05, 0) is 35.7 Å². The lowest BCUT2D eigenvalue weighted by atomic mass is 10.0. The predicted octanol–water partition coefficient (Wildman–Crippen LogP) is 4.49. The molecule has 3 rings (SSSR count). The molecule has 0 atom stereocenters. The van der Waals surface area contributed by atoms with Crippen LogP contribution in [0.15, 0.2) is 47.0 Å². The van der Waals surface area contributed by atoms with E-state index in [9.17, 15) is 0 Å². The van der Waals surface area contributed by atoms with E-state index in [1.165, 1.54) is 5.56 Å². The number of hydrogen-bond donors (Lipinski definition) is 1. The molecule has 136 valence electrons. The maximum absolute atomic E-state index is 5.38. The van der Waals surface area contributed by atoms with Crippen molar-refractivity contribution in [3.8, 4) is 22.9 Å². The van der Waals surface area contributed by atoms with Gasteiger partial charge in [-0.3, -0.25) is 0 Å². The molecule has 1 N–H and O–H groups in total. The van der Waals surface area contributed by atoms with E-state index in [1.54, 1.807) is 14.2 Å². The molecule has 6 nitrogen and oxygen atoms in total. The second-order valence-corrected chi connectivity index (χ2v) is 6.18. The van der Waals surface area contributed by atoms with E-state index < -0.39 is 0 Å². The number of rotatable bonds is 7. The quantitative estimate of drug-likeness (QED) is 0.675. The Morgan fingerprint density at radius 2 is 1.81 bits per heavy atom. The number of hydrogen-bond acceptors (Lipinski definition) is 6. The van der Waals surface area contributed by atoms with Crippen molar-refractivity contribution in [3.63, 3.8) is 0 Å². The van der Waals surface area contributed by atoms with E-state index in [1.807, 2.05) is 30.3 Å². The van der Waals surface area contributed by atoms with Gasteiger partial charge in [-0.15, -0.1) is 0 Å². The largest absolute Gasteiger partial charge is 0.493 e. The Balaban J connectivity index is 1.75. The SMILES string of the molecule is COc1ccc(-c2noc(CNc3ccccc3C(C)C)n2)cc1OC. The van der Waals surface area contributed by atoms with Gasteiger partial charge in [-0.2, -0.15) is 4.98 Å². The van der Waals surface area contributed by atoms with Crippen molar-refractivity contribution in [2.24, 2.45) is 0 Å². The highest BCUT2D eigenvalue weighted by Crippen LogP contribution is 2.31. The van der Waals surface area contributed by atoms with Crippen LogP contribution in [-0.4, -0.2) is 24.4 Å². The molecule has 0 aliphatic heterocycles. The van der Waals surface area contributed by atoms with Crippen LogP contribution >= 0.6 is 0 Å². The lowest BCUT2D eigenvalue weighted by Gasteiger charge is -2.13. The topological polar surface area (TPSA) is 69.4 Å². The van der Waals surface area contributed by atoms with Crippen LogP contribution in [-0.2, 0) is 6.54 Å². The second-order valence-electron chi connectivity index (χ2n) is 6.18. The molecule has 3 aromatic rings. The van der Waals surface area contributed by atoms with Gasteiger partial charge in [0.1, 0.15) is 0 Å². The van der Waals surface area contributed by atoms with Gasteiger partial charge in [0.15, 0.2) is 11.5 Å². The highest BCUT2D eigenvalue weighted by atomic mass is 16.5. The highest BCUT2D eigenvalue weighted by molar-refractivity contribution is 5.60. The number of benzene rings is 2. The Hall–Kier alpha value is -3.02. The first-order chi connectivity index (χ1) is 12.6. The monoisotopic (exact) mass is 353 g/mol. The highest BCUT2D eigenvalue weighted by Gasteiger charge is 2.13. The summed E-state index contributed by atoms with van der Waals surface area (Å²) in [6, 6.07) is 13.8. The zero-order chi connectivity index (χ0) is 18.5. The first-order valence-electron chi connectivity index (χ1n) is 8.50. The lowest BCUT2D eigenvalue weighted by Crippen LogP contribution is -2.03. The molecule has 0 saturated heterocycles. The Morgan fingerprint density at radius 3 is 2.54 bits per heavy atom. The van der Waals surface area contributed by atoms with Crippen molar-refractivity contribution in [2.45, 2.75) is 26.3 Å².